The summed E-state index contributed by atoms with van der Waals surface area (Å²) < 4.78 is 0. The second-order valence-corrected chi connectivity index (χ2v) is 4.88. The number of hydrogen-bond acceptors (Lipinski definition) is 2. The summed E-state index contributed by atoms with van der Waals surface area (Å²) in [6, 6.07) is 0. The molecule has 0 radical (unpaired) electrons. The van der Waals surface area contributed by atoms with E-state index in [1.165, 1.54) is 19.3 Å². The molecule has 0 N–H and O–H groups in total. The molecule has 1 aliphatic rings. The normalized spacial score (nSPS) is 20.9. The van der Waals surface area contributed by atoms with Gasteiger partial charge >= 0.3 is 0 Å². The maximum absolute atomic E-state index is 11.3. The van der Waals surface area contributed by atoms with E-state index in [0.29, 0.717) is 11.3 Å². The first-order valence-electron chi connectivity index (χ1n) is 6.37. The second-order valence-electron chi connectivity index (χ2n) is 4.88. The molecule has 0 aromatic heterocycles. The lowest BCUT2D eigenvalue weighted by Crippen LogP contribution is -2.49. The van der Waals surface area contributed by atoms with E-state index >= 15 is 0 Å². The zero-order chi connectivity index (χ0) is 11.3. The molecule has 2 heteroatoms. The summed E-state index contributed by atoms with van der Waals surface area (Å²) in [6.07, 6.45) is 7.57. The highest BCUT2D eigenvalue weighted by Crippen LogP contribution is 2.35. The van der Waals surface area contributed by atoms with Crippen molar-refractivity contribution in [3.63, 3.8) is 0 Å². The fraction of sp³-hybridized carbons (Fsp3) is 0.923. The highest BCUT2D eigenvalue weighted by Gasteiger charge is 2.36. The fourth-order valence-corrected chi connectivity index (χ4v) is 2.66. The number of ketones is 1. The van der Waals surface area contributed by atoms with E-state index in [-0.39, 0.29) is 0 Å². The van der Waals surface area contributed by atoms with E-state index in [1.807, 2.05) is 0 Å². The summed E-state index contributed by atoms with van der Waals surface area (Å²) in [6.45, 7) is 5.55. The quantitative estimate of drug-likeness (QED) is 0.696. The Hall–Kier alpha value is -0.370. The molecular formula is C13H25NO. The SMILES string of the molecule is CCCCC1(N(C)CC)CCC(=O)CC1. The summed E-state index contributed by atoms with van der Waals surface area (Å²) in [5.74, 6) is 0.464. The van der Waals surface area contributed by atoms with Crippen molar-refractivity contribution in [2.45, 2.75) is 64.3 Å². The molecule has 15 heavy (non-hydrogen) atoms. The molecule has 0 aromatic rings. The van der Waals surface area contributed by atoms with E-state index in [4.69, 9.17) is 0 Å². The average molecular weight is 211 g/mol. The zero-order valence-corrected chi connectivity index (χ0v) is 10.5. The Morgan fingerprint density at radius 2 is 1.87 bits per heavy atom. The topological polar surface area (TPSA) is 20.3 Å². The van der Waals surface area contributed by atoms with Crippen LogP contribution in [0.4, 0.5) is 0 Å². The van der Waals surface area contributed by atoms with E-state index in [9.17, 15) is 4.79 Å². The van der Waals surface area contributed by atoms with Crippen LogP contribution in [-0.4, -0.2) is 29.8 Å². The monoisotopic (exact) mass is 211 g/mol. The van der Waals surface area contributed by atoms with Gasteiger partial charge in [0.05, 0.1) is 0 Å². The lowest BCUT2D eigenvalue weighted by Gasteiger charge is -2.44. The Bertz CT molecular complexity index is 203. The molecule has 0 amide bonds. The molecule has 1 rings (SSSR count). The summed E-state index contributed by atoms with van der Waals surface area (Å²) in [5, 5.41) is 0. The molecule has 0 spiro atoms. The van der Waals surface area contributed by atoms with Crippen molar-refractivity contribution in [3.8, 4) is 0 Å². The standard InChI is InChI=1S/C13H25NO/c1-4-6-9-13(14(3)5-2)10-7-12(15)8-11-13/h4-11H2,1-3H3. The summed E-state index contributed by atoms with van der Waals surface area (Å²) in [4.78, 5) is 13.8. The van der Waals surface area contributed by atoms with Gasteiger partial charge in [-0.3, -0.25) is 4.79 Å². The maximum atomic E-state index is 11.3. The van der Waals surface area contributed by atoms with Gasteiger partial charge in [-0.1, -0.05) is 26.7 Å². The number of carbonyl (C=O) groups excluding carboxylic acids is 1. The van der Waals surface area contributed by atoms with Crippen molar-refractivity contribution in [1.29, 1.82) is 0 Å². The zero-order valence-electron chi connectivity index (χ0n) is 10.5. The average Bonchev–Trinajstić information content (AvgIpc) is 2.28. The number of rotatable bonds is 5. The lowest BCUT2D eigenvalue weighted by atomic mass is 9.76. The van der Waals surface area contributed by atoms with Gasteiger partial charge < -0.3 is 4.90 Å². The first kappa shape index (κ1) is 12.7. The Morgan fingerprint density at radius 3 is 2.33 bits per heavy atom. The maximum Gasteiger partial charge on any atom is 0.133 e. The molecule has 0 aromatic carbocycles. The van der Waals surface area contributed by atoms with Crippen molar-refractivity contribution in [2.24, 2.45) is 0 Å². The Kier molecular flexibility index (Phi) is 4.78. The molecule has 88 valence electrons. The minimum absolute atomic E-state index is 0.332. The molecule has 0 saturated heterocycles. The Morgan fingerprint density at radius 1 is 1.27 bits per heavy atom. The van der Waals surface area contributed by atoms with Crippen LogP contribution in [0.3, 0.4) is 0 Å². The summed E-state index contributed by atoms with van der Waals surface area (Å²) in [5.41, 5.74) is 0.332. The lowest BCUT2D eigenvalue weighted by molar-refractivity contribution is -0.123. The molecule has 1 saturated carbocycles. The molecule has 0 bridgehead atoms. The predicted molar refractivity (Wildman–Crippen MR) is 64.0 cm³/mol. The number of Topliss-reactive ketones (excluding diaryl/α,β-unsaturated/α-hetero) is 1. The van der Waals surface area contributed by atoms with E-state index in [0.717, 1.165) is 32.2 Å². The molecule has 0 atom stereocenters. The Balaban J connectivity index is 2.63. The molecule has 0 aliphatic heterocycles. The van der Waals surface area contributed by atoms with Gasteiger partial charge in [-0.25, -0.2) is 0 Å². The van der Waals surface area contributed by atoms with Crippen molar-refractivity contribution in [3.05, 3.63) is 0 Å². The summed E-state index contributed by atoms with van der Waals surface area (Å²) in [7, 11) is 2.21. The van der Waals surface area contributed by atoms with Gasteiger partial charge in [0, 0.05) is 18.4 Å². The van der Waals surface area contributed by atoms with Crippen LogP contribution in [-0.2, 0) is 4.79 Å². The molecular weight excluding hydrogens is 186 g/mol. The van der Waals surface area contributed by atoms with Gasteiger partial charge in [0.25, 0.3) is 0 Å². The van der Waals surface area contributed by atoms with Gasteiger partial charge in [0.15, 0.2) is 0 Å². The third-order valence-corrected chi connectivity index (χ3v) is 4.02. The minimum Gasteiger partial charge on any atom is -0.301 e. The van der Waals surface area contributed by atoms with E-state index in [1.54, 1.807) is 0 Å². The first-order chi connectivity index (χ1) is 7.14. The Labute approximate surface area is 94.0 Å². The van der Waals surface area contributed by atoms with Crippen LogP contribution in [0.25, 0.3) is 0 Å². The van der Waals surface area contributed by atoms with Crippen LogP contribution >= 0.6 is 0 Å². The number of hydrogen-bond donors (Lipinski definition) is 0. The van der Waals surface area contributed by atoms with E-state index < -0.39 is 0 Å². The van der Waals surface area contributed by atoms with Crippen LogP contribution in [0.5, 0.6) is 0 Å². The molecule has 1 fully saturated rings. The molecule has 1 aliphatic carbocycles. The van der Waals surface area contributed by atoms with Gasteiger partial charge in [0.1, 0.15) is 5.78 Å². The highest BCUT2D eigenvalue weighted by atomic mass is 16.1. The third-order valence-electron chi connectivity index (χ3n) is 4.02. The van der Waals surface area contributed by atoms with Gasteiger partial charge in [-0.2, -0.15) is 0 Å². The molecule has 2 nitrogen and oxygen atoms in total. The van der Waals surface area contributed by atoms with Crippen LogP contribution in [0.1, 0.15) is 58.8 Å². The first-order valence-corrected chi connectivity index (χ1v) is 6.37. The van der Waals surface area contributed by atoms with Crippen LogP contribution in [0.15, 0.2) is 0 Å². The van der Waals surface area contributed by atoms with Crippen molar-refractivity contribution in [1.82, 2.24) is 4.90 Å². The smallest absolute Gasteiger partial charge is 0.133 e. The van der Waals surface area contributed by atoms with Gasteiger partial charge in [-0.05, 0) is 32.9 Å². The van der Waals surface area contributed by atoms with Crippen LogP contribution in [0, 0.1) is 0 Å². The largest absolute Gasteiger partial charge is 0.301 e. The van der Waals surface area contributed by atoms with Crippen molar-refractivity contribution < 1.29 is 4.79 Å². The van der Waals surface area contributed by atoms with Crippen LogP contribution in [0.2, 0.25) is 0 Å². The van der Waals surface area contributed by atoms with Gasteiger partial charge in [0.2, 0.25) is 0 Å². The molecule has 0 heterocycles. The highest BCUT2D eigenvalue weighted by molar-refractivity contribution is 5.79. The minimum atomic E-state index is 0.332. The fourth-order valence-electron chi connectivity index (χ4n) is 2.66. The summed E-state index contributed by atoms with van der Waals surface area (Å²) >= 11 is 0. The van der Waals surface area contributed by atoms with Gasteiger partial charge in [-0.15, -0.1) is 0 Å². The number of unbranched alkanes of at least 4 members (excludes halogenated alkanes) is 1. The van der Waals surface area contributed by atoms with Crippen molar-refractivity contribution >= 4 is 5.78 Å². The van der Waals surface area contributed by atoms with E-state index in [2.05, 4.69) is 25.8 Å². The number of nitrogens with zero attached hydrogens (tertiary/aromatic N) is 1. The van der Waals surface area contributed by atoms with Crippen molar-refractivity contribution in [2.75, 3.05) is 13.6 Å². The third kappa shape index (κ3) is 3.04. The predicted octanol–water partition coefficient (Wildman–Crippen LogP) is 3.01. The molecule has 0 unspecified atom stereocenters. The van der Waals surface area contributed by atoms with Crippen LogP contribution < -0.4 is 0 Å². The number of carbonyl (C=O) groups is 1. The second kappa shape index (κ2) is 5.64.